The molecule has 0 radical (unpaired) electrons. The van der Waals surface area contributed by atoms with Gasteiger partial charge in [-0.25, -0.2) is 0 Å². The normalized spacial score (nSPS) is 22.6. The fraction of sp³-hybridized carbons (Fsp3) is 0.750. The van der Waals surface area contributed by atoms with Crippen LogP contribution in [0.4, 0.5) is 0 Å². The highest BCUT2D eigenvalue weighted by atomic mass is 16.5. The number of hydrogen-bond donors (Lipinski definition) is 0. The first-order valence-corrected chi connectivity index (χ1v) is 9.84. The molecule has 0 saturated carbocycles. The molecule has 0 aromatic carbocycles. The fourth-order valence-corrected chi connectivity index (χ4v) is 4.50. The molecule has 3 rings (SSSR count). The van der Waals surface area contributed by atoms with Gasteiger partial charge in [0.15, 0.2) is 0 Å². The van der Waals surface area contributed by atoms with E-state index in [0.717, 1.165) is 30.7 Å². The van der Waals surface area contributed by atoms with Gasteiger partial charge in [-0.3, -0.25) is 14.3 Å². The zero-order valence-electron chi connectivity index (χ0n) is 17.2. The Kier molecular flexibility index (Phi) is 5.60. The summed E-state index contributed by atoms with van der Waals surface area (Å²) in [7, 11) is 3.56. The first-order valence-electron chi connectivity index (χ1n) is 9.84. The van der Waals surface area contributed by atoms with Crippen LogP contribution < -0.4 is 0 Å². The Morgan fingerprint density at radius 3 is 2.48 bits per heavy atom. The van der Waals surface area contributed by atoms with Gasteiger partial charge in [-0.2, -0.15) is 5.10 Å². The Hall–Kier alpha value is -1.89. The van der Waals surface area contributed by atoms with Gasteiger partial charge in [0.05, 0.1) is 17.2 Å². The maximum Gasteiger partial charge on any atom is 0.228 e. The predicted molar refractivity (Wildman–Crippen MR) is 102 cm³/mol. The van der Waals surface area contributed by atoms with Gasteiger partial charge in [0.25, 0.3) is 0 Å². The summed E-state index contributed by atoms with van der Waals surface area (Å²) < 4.78 is 7.47. The predicted octanol–water partition coefficient (Wildman–Crippen LogP) is 1.68. The Morgan fingerprint density at radius 2 is 1.93 bits per heavy atom. The van der Waals surface area contributed by atoms with Crippen molar-refractivity contribution >= 4 is 11.8 Å². The van der Waals surface area contributed by atoms with Crippen LogP contribution in [-0.4, -0.2) is 71.3 Å². The highest BCUT2D eigenvalue weighted by Crippen LogP contribution is 2.41. The molecule has 7 heteroatoms. The van der Waals surface area contributed by atoms with Gasteiger partial charge < -0.3 is 14.5 Å². The van der Waals surface area contributed by atoms with Crippen LogP contribution in [0, 0.1) is 26.2 Å². The van der Waals surface area contributed by atoms with Gasteiger partial charge in [0.1, 0.15) is 0 Å². The van der Waals surface area contributed by atoms with Crippen molar-refractivity contribution in [2.24, 2.45) is 5.41 Å². The number of methoxy groups -OCH3 is 1. The van der Waals surface area contributed by atoms with Gasteiger partial charge in [0.2, 0.25) is 11.8 Å². The second-order valence-electron chi connectivity index (χ2n) is 8.18. The monoisotopic (exact) mass is 376 g/mol. The van der Waals surface area contributed by atoms with E-state index in [9.17, 15) is 9.59 Å². The Balaban J connectivity index is 1.57. The molecule has 0 N–H and O–H groups in total. The first-order chi connectivity index (χ1) is 12.8. The number of carbonyl (C=O) groups is 2. The molecular formula is C20H32N4O3. The number of amides is 2. The first kappa shape index (κ1) is 19.9. The summed E-state index contributed by atoms with van der Waals surface area (Å²) in [5, 5.41) is 4.51. The summed E-state index contributed by atoms with van der Waals surface area (Å²) in [4.78, 5) is 29.2. The molecular weight excluding hydrogens is 344 g/mol. The van der Waals surface area contributed by atoms with E-state index in [1.807, 2.05) is 30.5 Å². The minimum atomic E-state index is -0.364. The lowest BCUT2D eigenvalue weighted by atomic mass is 9.71. The Bertz CT molecular complexity index is 719. The summed E-state index contributed by atoms with van der Waals surface area (Å²) in [6, 6.07) is 0. The standard InChI is InChI=1S/C20H32N4O3/c1-14-15(2)21-24(16(14)3)9-6-18(25)23-10-7-20(8-11-23)12-17(27-5)13-22(4)19(20)26/h17H,6-13H2,1-5H3. The summed E-state index contributed by atoms with van der Waals surface area (Å²) in [6.45, 7) is 8.65. The molecule has 27 heavy (non-hydrogen) atoms. The molecule has 0 bridgehead atoms. The average Bonchev–Trinajstić information content (AvgIpc) is 2.91. The molecule has 0 aliphatic carbocycles. The maximum absolute atomic E-state index is 12.8. The third kappa shape index (κ3) is 3.74. The van der Waals surface area contributed by atoms with Crippen LogP contribution in [0.3, 0.4) is 0 Å². The van der Waals surface area contributed by atoms with Crippen LogP contribution in [0.15, 0.2) is 0 Å². The quantitative estimate of drug-likeness (QED) is 0.802. The van der Waals surface area contributed by atoms with Crippen molar-refractivity contribution in [1.82, 2.24) is 19.6 Å². The number of likely N-dealkylation sites (N-methyl/N-ethyl adjacent to an activating group) is 1. The lowest BCUT2D eigenvalue weighted by molar-refractivity contribution is -0.158. The fourth-order valence-electron chi connectivity index (χ4n) is 4.50. The van der Waals surface area contributed by atoms with Crippen molar-refractivity contribution in [3.8, 4) is 0 Å². The van der Waals surface area contributed by atoms with Gasteiger partial charge in [-0.15, -0.1) is 0 Å². The smallest absolute Gasteiger partial charge is 0.228 e. The minimum Gasteiger partial charge on any atom is -0.380 e. The zero-order chi connectivity index (χ0) is 19.8. The van der Waals surface area contributed by atoms with Crippen LogP contribution in [0.5, 0.6) is 0 Å². The topological polar surface area (TPSA) is 67.7 Å². The third-order valence-corrected chi connectivity index (χ3v) is 6.58. The lowest BCUT2D eigenvalue weighted by Crippen LogP contribution is -2.57. The molecule has 1 aromatic rings. The van der Waals surface area contributed by atoms with Crippen molar-refractivity contribution in [1.29, 1.82) is 0 Å². The third-order valence-electron chi connectivity index (χ3n) is 6.58. The van der Waals surface area contributed by atoms with Crippen molar-refractivity contribution in [2.75, 3.05) is 33.8 Å². The molecule has 2 amide bonds. The van der Waals surface area contributed by atoms with E-state index >= 15 is 0 Å². The molecule has 3 heterocycles. The van der Waals surface area contributed by atoms with Crippen molar-refractivity contribution in [3.05, 3.63) is 17.0 Å². The number of ether oxygens (including phenoxy) is 1. The number of aryl methyl sites for hydroxylation is 2. The Morgan fingerprint density at radius 1 is 1.26 bits per heavy atom. The highest BCUT2D eigenvalue weighted by molar-refractivity contribution is 5.84. The van der Waals surface area contributed by atoms with Crippen LogP contribution >= 0.6 is 0 Å². The molecule has 2 fully saturated rings. The molecule has 1 atom stereocenters. The van der Waals surface area contributed by atoms with Crippen molar-refractivity contribution < 1.29 is 14.3 Å². The van der Waals surface area contributed by atoms with Crippen molar-refractivity contribution in [2.45, 2.75) is 59.1 Å². The van der Waals surface area contributed by atoms with Gasteiger partial charge >= 0.3 is 0 Å². The zero-order valence-corrected chi connectivity index (χ0v) is 17.2. The molecule has 2 aliphatic heterocycles. The summed E-state index contributed by atoms with van der Waals surface area (Å²) in [5.74, 6) is 0.357. The maximum atomic E-state index is 12.8. The van der Waals surface area contributed by atoms with E-state index in [4.69, 9.17) is 4.74 Å². The number of piperidine rings is 2. The van der Waals surface area contributed by atoms with Gasteiger partial charge in [-0.05, 0) is 45.6 Å². The number of rotatable bonds is 4. The van der Waals surface area contributed by atoms with E-state index in [2.05, 4.69) is 12.0 Å². The van der Waals surface area contributed by atoms with Crippen molar-refractivity contribution in [3.63, 3.8) is 0 Å². The number of likely N-dealkylation sites (tertiary alicyclic amines) is 2. The van der Waals surface area contributed by atoms with E-state index in [-0.39, 0.29) is 23.3 Å². The second-order valence-corrected chi connectivity index (χ2v) is 8.18. The molecule has 2 aliphatic rings. The highest BCUT2D eigenvalue weighted by Gasteiger charge is 2.48. The van der Waals surface area contributed by atoms with Crippen LogP contribution in [0.2, 0.25) is 0 Å². The minimum absolute atomic E-state index is 0.0872. The SMILES string of the molecule is COC1CN(C)C(=O)C2(CCN(C(=O)CCn3nc(C)c(C)c3C)CC2)C1. The molecule has 7 nitrogen and oxygen atoms in total. The lowest BCUT2D eigenvalue weighted by Gasteiger charge is -2.47. The molecule has 1 aromatic heterocycles. The average molecular weight is 377 g/mol. The van der Waals surface area contributed by atoms with Gasteiger partial charge in [0, 0.05) is 52.5 Å². The van der Waals surface area contributed by atoms with Crippen LogP contribution in [0.1, 0.15) is 42.6 Å². The van der Waals surface area contributed by atoms with E-state index in [0.29, 0.717) is 32.6 Å². The number of hydrogen-bond acceptors (Lipinski definition) is 4. The van der Waals surface area contributed by atoms with Gasteiger partial charge in [-0.1, -0.05) is 0 Å². The number of nitrogens with zero attached hydrogens (tertiary/aromatic N) is 4. The molecule has 1 unspecified atom stereocenters. The second kappa shape index (κ2) is 7.62. The van der Waals surface area contributed by atoms with Crippen LogP contribution in [0.25, 0.3) is 0 Å². The van der Waals surface area contributed by atoms with E-state index in [1.54, 1.807) is 12.0 Å². The summed E-state index contributed by atoms with van der Waals surface area (Å²) >= 11 is 0. The number of carbonyl (C=O) groups excluding carboxylic acids is 2. The molecule has 1 spiro atoms. The van der Waals surface area contributed by atoms with E-state index < -0.39 is 0 Å². The molecule has 150 valence electrons. The number of aromatic nitrogens is 2. The summed E-state index contributed by atoms with van der Waals surface area (Å²) in [6.07, 6.45) is 2.74. The molecule has 2 saturated heterocycles. The van der Waals surface area contributed by atoms with Crippen LogP contribution in [-0.2, 0) is 20.9 Å². The largest absolute Gasteiger partial charge is 0.380 e. The summed E-state index contributed by atoms with van der Waals surface area (Å²) in [5.41, 5.74) is 2.97. The van der Waals surface area contributed by atoms with E-state index in [1.165, 1.54) is 5.56 Å². The Labute approximate surface area is 161 Å².